The molecule has 0 aliphatic carbocycles. The van der Waals surface area contributed by atoms with Crippen molar-refractivity contribution in [3.8, 4) is 0 Å². The van der Waals surface area contributed by atoms with Crippen molar-refractivity contribution in [1.82, 2.24) is 8.43 Å². The zero-order valence-electron chi connectivity index (χ0n) is 5.02. The lowest BCUT2D eigenvalue weighted by Gasteiger charge is -2.06. The Morgan fingerprint density at radius 2 is 2.50 bits per heavy atom. The summed E-state index contributed by atoms with van der Waals surface area (Å²) in [5.41, 5.74) is 0. The van der Waals surface area contributed by atoms with E-state index in [1.54, 1.807) is 0 Å². The van der Waals surface area contributed by atoms with E-state index < -0.39 is 0 Å². The average Bonchev–Trinajstić information content (AvgIpc) is 2.14. The van der Waals surface area contributed by atoms with E-state index in [1.165, 1.54) is 19.5 Å². The molecule has 1 atom stereocenters. The van der Waals surface area contributed by atoms with E-state index in [-0.39, 0.29) is 0 Å². The lowest BCUT2D eigenvalue weighted by Crippen LogP contribution is -2.23. The largest absolute Gasteiger partial charge is 0.305 e. The first-order chi connectivity index (χ1) is 3.83. The van der Waals surface area contributed by atoms with Gasteiger partial charge < -0.3 is 4.90 Å². The van der Waals surface area contributed by atoms with Crippen molar-refractivity contribution in [2.45, 2.75) is 12.5 Å². The van der Waals surface area contributed by atoms with Gasteiger partial charge in [-0.15, -0.1) is 0 Å². The predicted molar refractivity (Wildman–Crippen MR) is 43.1 cm³/mol. The predicted octanol–water partition coefficient (Wildman–Crippen LogP) is 0.630. The van der Waals surface area contributed by atoms with Crippen LogP contribution in [0, 0.1) is 0 Å². The third-order valence-corrected chi connectivity index (χ3v) is 2.43. The van der Waals surface area contributed by atoms with Crippen LogP contribution in [0.3, 0.4) is 0 Å². The van der Waals surface area contributed by atoms with E-state index in [1.807, 2.05) is 0 Å². The summed E-state index contributed by atoms with van der Waals surface area (Å²) in [7, 11) is 2.16. The van der Waals surface area contributed by atoms with E-state index in [0.717, 1.165) is 6.04 Å². The molecular weight excluding hydrogens is 215 g/mol. The van der Waals surface area contributed by atoms with Crippen LogP contribution in [0.4, 0.5) is 0 Å². The first-order valence-corrected chi connectivity index (χ1v) is 3.95. The minimum atomic E-state index is 0.737. The molecule has 0 spiro atoms. The summed E-state index contributed by atoms with van der Waals surface area (Å²) in [6.07, 6.45) is 1.30. The molecule has 1 aliphatic rings. The van der Waals surface area contributed by atoms with Crippen LogP contribution in [0.1, 0.15) is 6.42 Å². The van der Waals surface area contributed by atoms with Gasteiger partial charge in [-0.1, -0.05) is 0 Å². The monoisotopic (exact) mass is 226 g/mol. The van der Waals surface area contributed by atoms with Gasteiger partial charge in [0.05, 0.1) is 0 Å². The van der Waals surface area contributed by atoms with Crippen LogP contribution in [0.2, 0.25) is 0 Å². The second-order valence-corrected chi connectivity index (χ2v) is 2.98. The molecule has 0 aromatic rings. The minimum absolute atomic E-state index is 0.737. The minimum Gasteiger partial charge on any atom is -0.305 e. The molecule has 1 rings (SSSR count). The zero-order valence-corrected chi connectivity index (χ0v) is 7.18. The molecule has 1 N–H and O–H groups in total. The van der Waals surface area contributed by atoms with Gasteiger partial charge in [0.1, 0.15) is 0 Å². The van der Waals surface area contributed by atoms with Gasteiger partial charge in [-0.05, 0) is 20.0 Å². The van der Waals surface area contributed by atoms with Gasteiger partial charge in [0.2, 0.25) is 0 Å². The van der Waals surface area contributed by atoms with Crippen LogP contribution >= 0.6 is 22.9 Å². The quantitative estimate of drug-likeness (QED) is 0.521. The molecule has 1 aliphatic heterocycles. The Morgan fingerprint density at radius 3 is 2.75 bits per heavy atom. The van der Waals surface area contributed by atoms with Gasteiger partial charge in [0, 0.05) is 35.5 Å². The third kappa shape index (κ3) is 1.56. The summed E-state index contributed by atoms with van der Waals surface area (Å²) >= 11 is 2.22. The summed E-state index contributed by atoms with van der Waals surface area (Å²) < 4.78 is 3.22. The lowest BCUT2D eigenvalue weighted by atomic mass is 10.3. The molecule has 0 saturated carbocycles. The van der Waals surface area contributed by atoms with Crippen molar-refractivity contribution in [2.75, 3.05) is 20.1 Å². The fourth-order valence-electron chi connectivity index (χ4n) is 1.02. The molecule has 0 aromatic carbocycles. The molecule has 8 heavy (non-hydrogen) atoms. The fourth-order valence-corrected chi connectivity index (χ4v) is 1.53. The zero-order chi connectivity index (χ0) is 5.98. The van der Waals surface area contributed by atoms with Crippen LogP contribution < -0.4 is 3.53 Å². The molecule has 1 fully saturated rings. The number of hydrogen-bond acceptors (Lipinski definition) is 2. The van der Waals surface area contributed by atoms with Gasteiger partial charge in [0.25, 0.3) is 0 Å². The van der Waals surface area contributed by atoms with Crippen molar-refractivity contribution in [1.29, 1.82) is 0 Å². The van der Waals surface area contributed by atoms with Gasteiger partial charge in [0.15, 0.2) is 0 Å². The molecule has 0 radical (unpaired) electrons. The topological polar surface area (TPSA) is 15.3 Å². The highest BCUT2D eigenvalue weighted by Gasteiger charge is 2.16. The van der Waals surface area contributed by atoms with Crippen LogP contribution in [-0.4, -0.2) is 31.1 Å². The van der Waals surface area contributed by atoms with Gasteiger partial charge in [-0.3, -0.25) is 3.53 Å². The summed E-state index contributed by atoms with van der Waals surface area (Å²) in [6, 6.07) is 0.737. The molecule has 0 aromatic heterocycles. The van der Waals surface area contributed by atoms with Gasteiger partial charge >= 0.3 is 0 Å². The highest BCUT2D eigenvalue weighted by molar-refractivity contribution is 14.1. The molecule has 48 valence electrons. The van der Waals surface area contributed by atoms with Gasteiger partial charge in [-0.2, -0.15) is 0 Å². The Balaban J connectivity index is 2.22. The number of likely N-dealkylation sites (tertiary alicyclic amines) is 1. The maximum Gasteiger partial charge on any atom is 0.0302 e. The van der Waals surface area contributed by atoms with Gasteiger partial charge in [-0.25, -0.2) is 0 Å². The van der Waals surface area contributed by atoms with E-state index in [0.29, 0.717) is 0 Å². The molecule has 0 bridgehead atoms. The number of halogens is 1. The molecule has 1 saturated heterocycles. The summed E-state index contributed by atoms with van der Waals surface area (Å²) in [5, 5.41) is 0. The highest BCUT2D eigenvalue weighted by atomic mass is 127. The Hall–Kier alpha value is 0.650. The molecule has 3 heteroatoms. The lowest BCUT2D eigenvalue weighted by molar-refractivity contribution is 0.410. The van der Waals surface area contributed by atoms with Crippen LogP contribution in [0.25, 0.3) is 0 Å². The van der Waals surface area contributed by atoms with E-state index in [2.05, 4.69) is 38.3 Å². The fraction of sp³-hybridized carbons (Fsp3) is 1.00. The standard InChI is InChI=1S/C5H11IN2/c1-8-3-2-5(4-8)7-6/h5,7H,2-4H2,1H3/t5-/m0/s1. The van der Waals surface area contributed by atoms with E-state index >= 15 is 0 Å². The number of nitrogens with one attached hydrogen (secondary N) is 1. The number of likely N-dealkylation sites (N-methyl/N-ethyl adjacent to an activating group) is 1. The highest BCUT2D eigenvalue weighted by Crippen LogP contribution is 2.06. The van der Waals surface area contributed by atoms with Crippen LogP contribution in [-0.2, 0) is 0 Å². The number of nitrogens with zero attached hydrogens (tertiary/aromatic N) is 1. The molecule has 1 heterocycles. The molecule has 0 unspecified atom stereocenters. The first kappa shape index (κ1) is 6.77. The smallest absolute Gasteiger partial charge is 0.0302 e. The average molecular weight is 226 g/mol. The molecular formula is C5H11IN2. The Bertz CT molecular complexity index is 76.8. The van der Waals surface area contributed by atoms with Crippen molar-refractivity contribution in [3.63, 3.8) is 0 Å². The maximum absolute atomic E-state index is 3.22. The maximum atomic E-state index is 3.22. The summed E-state index contributed by atoms with van der Waals surface area (Å²) in [5.74, 6) is 0. The third-order valence-electron chi connectivity index (χ3n) is 1.55. The Morgan fingerprint density at radius 1 is 1.75 bits per heavy atom. The van der Waals surface area contributed by atoms with E-state index in [9.17, 15) is 0 Å². The number of rotatable bonds is 1. The first-order valence-electron chi connectivity index (χ1n) is 2.87. The number of hydrogen-bond donors (Lipinski definition) is 1. The summed E-state index contributed by atoms with van der Waals surface area (Å²) in [4.78, 5) is 2.34. The second-order valence-electron chi connectivity index (χ2n) is 2.36. The second kappa shape index (κ2) is 2.98. The SMILES string of the molecule is CN1CC[C@H](NI)C1. The Labute approximate surface area is 64.1 Å². The van der Waals surface area contributed by atoms with Crippen molar-refractivity contribution in [2.24, 2.45) is 0 Å². The normalized spacial score (nSPS) is 31.5. The van der Waals surface area contributed by atoms with E-state index in [4.69, 9.17) is 0 Å². The molecule has 0 amide bonds. The van der Waals surface area contributed by atoms with Crippen molar-refractivity contribution in [3.05, 3.63) is 0 Å². The summed E-state index contributed by atoms with van der Waals surface area (Å²) in [6.45, 7) is 2.46. The van der Waals surface area contributed by atoms with Crippen LogP contribution in [0.15, 0.2) is 0 Å². The van der Waals surface area contributed by atoms with Crippen molar-refractivity contribution >= 4 is 22.9 Å². The Kier molecular flexibility index (Phi) is 2.52. The van der Waals surface area contributed by atoms with Crippen LogP contribution in [0.5, 0.6) is 0 Å². The molecule has 2 nitrogen and oxygen atoms in total. The van der Waals surface area contributed by atoms with Crippen molar-refractivity contribution < 1.29 is 0 Å².